The molecular weight excluding hydrogens is 415 g/mol. The SMILES string of the molecule is CNC(=O)CN1CCC(c2ccc3[nH]c(-c4cc(C5CC5)ncc4F)c(C(C)C)c3c2)CC1. The number of halogens is 1. The number of carbonyl (C=O) groups is 1. The topological polar surface area (TPSA) is 61.0 Å². The van der Waals surface area contributed by atoms with Gasteiger partial charge in [-0.1, -0.05) is 19.9 Å². The highest BCUT2D eigenvalue weighted by molar-refractivity contribution is 5.92. The Morgan fingerprint density at radius 3 is 2.61 bits per heavy atom. The van der Waals surface area contributed by atoms with Gasteiger partial charge in [0.25, 0.3) is 0 Å². The molecule has 1 amide bonds. The molecule has 2 N–H and O–H groups in total. The zero-order chi connectivity index (χ0) is 23.1. The minimum absolute atomic E-state index is 0.0736. The number of rotatable bonds is 6. The van der Waals surface area contributed by atoms with Crippen molar-refractivity contribution >= 4 is 16.8 Å². The number of likely N-dealkylation sites (N-methyl/N-ethyl adjacent to an activating group) is 1. The number of hydrogen-bond acceptors (Lipinski definition) is 3. The van der Waals surface area contributed by atoms with E-state index in [-0.39, 0.29) is 17.6 Å². The molecule has 6 heteroatoms. The van der Waals surface area contributed by atoms with Crippen LogP contribution in [-0.4, -0.2) is 47.5 Å². The highest BCUT2D eigenvalue weighted by atomic mass is 19.1. The molecule has 1 aliphatic heterocycles. The van der Waals surface area contributed by atoms with Crippen LogP contribution in [0.3, 0.4) is 0 Å². The van der Waals surface area contributed by atoms with E-state index in [1.54, 1.807) is 7.05 Å². The average Bonchev–Trinajstić information content (AvgIpc) is 3.59. The Morgan fingerprint density at radius 2 is 1.94 bits per heavy atom. The monoisotopic (exact) mass is 448 g/mol. The van der Waals surface area contributed by atoms with Crippen LogP contribution in [0.1, 0.15) is 74.1 Å². The van der Waals surface area contributed by atoms with Gasteiger partial charge in [0.1, 0.15) is 0 Å². The molecule has 1 aliphatic carbocycles. The summed E-state index contributed by atoms with van der Waals surface area (Å²) in [6.45, 7) is 6.69. The first-order valence-corrected chi connectivity index (χ1v) is 12.2. The lowest BCUT2D eigenvalue weighted by Gasteiger charge is -2.31. The molecule has 5 nitrogen and oxygen atoms in total. The summed E-state index contributed by atoms with van der Waals surface area (Å²) < 4.78 is 14.9. The number of aromatic nitrogens is 2. The number of pyridine rings is 1. The van der Waals surface area contributed by atoms with E-state index >= 15 is 0 Å². The summed E-state index contributed by atoms with van der Waals surface area (Å²) in [5, 5.41) is 3.90. The van der Waals surface area contributed by atoms with Crippen molar-refractivity contribution in [3.05, 3.63) is 53.1 Å². The summed E-state index contributed by atoms with van der Waals surface area (Å²) in [5.74, 6) is 1.03. The largest absolute Gasteiger partial charge is 0.358 e. The van der Waals surface area contributed by atoms with Crippen LogP contribution in [0, 0.1) is 5.82 Å². The summed E-state index contributed by atoms with van der Waals surface area (Å²) in [5.41, 5.74) is 6.09. The number of hydrogen-bond donors (Lipinski definition) is 2. The lowest BCUT2D eigenvalue weighted by Crippen LogP contribution is -2.40. The van der Waals surface area contributed by atoms with Gasteiger partial charge in [-0.05, 0) is 79.9 Å². The smallest absolute Gasteiger partial charge is 0.233 e. The van der Waals surface area contributed by atoms with Crippen molar-refractivity contribution in [3.8, 4) is 11.3 Å². The Balaban J connectivity index is 1.46. The zero-order valence-electron chi connectivity index (χ0n) is 19.7. The number of aromatic amines is 1. The molecule has 174 valence electrons. The molecule has 5 rings (SSSR count). The van der Waals surface area contributed by atoms with Crippen molar-refractivity contribution in [2.75, 3.05) is 26.7 Å². The van der Waals surface area contributed by atoms with Crippen LogP contribution in [0.4, 0.5) is 4.39 Å². The van der Waals surface area contributed by atoms with E-state index in [4.69, 9.17) is 0 Å². The lowest BCUT2D eigenvalue weighted by molar-refractivity contribution is -0.122. The van der Waals surface area contributed by atoms with Gasteiger partial charge >= 0.3 is 0 Å². The van der Waals surface area contributed by atoms with Gasteiger partial charge in [-0.15, -0.1) is 0 Å². The van der Waals surface area contributed by atoms with Crippen molar-refractivity contribution in [2.45, 2.75) is 57.3 Å². The minimum Gasteiger partial charge on any atom is -0.358 e. The molecule has 1 saturated carbocycles. The number of benzene rings is 1. The van der Waals surface area contributed by atoms with Crippen molar-refractivity contribution < 1.29 is 9.18 Å². The fraction of sp³-hybridized carbons (Fsp3) is 0.481. The van der Waals surface area contributed by atoms with E-state index in [0.717, 1.165) is 55.7 Å². The van der Waals surface area contributed by atoms with Gasteiger partial charge in [0.15, 0.2) is 5.82 Å². The second kappa shape index (κ2) is 8.90. The first-order chi connectivity index (χ1) is 15.9. The quantitative estimate of drug-likeness (QED) is 0.538. The van der Waals surface area contributed by atoms with E-state index in [9.17, 15) is 9.18 Å². The van der Waals surface area contributed by atoms with Gasteiger partial charge in [-0.25, -0.2) is 4.39 Å². The molecule has 0 spiro atoms. The maximum absolute atomic E-state index is 14.9. The first-order valence-electron chi connectivity index (χ1n) is 12.2. The van der Waals surface area contributed by atoms with Gasteiger partial charge in [0.2, 0.25) is 5.91 Å². The van der Waals surface area contributed by atoms with Gasteiger partial charge in [-0.2, -0.15) is 0 Å². The Labute approximate surface area is 194 Å². The molecule has 0 radical (unpaired) electrons. The van der Waals surface area contributed by atoms with Crippen LogP contribution in [-0.2, 0) is 4.79 Å². The van der Waals surface area contributed by atoms with Crippen molar-refractivity contribution in [1.82, 2.24) is 20.2 Å². The third kappa shape index (κ3) is 4.41. The van der Waals surface area contributed by atoms with Crippen LogP contribution < -0.4 is 5.32 Å². The lowest BCUT2D eigenvalue weighted by atomic mass is 9.87. The molecule has 1 saturated heterocycles. The van der Waals surface area contributed by atoms with Crippen LogP contribution in [0.2, 0.25) is 0 Å². The summed E-state index contributed by atoms with van der Waals surface area (Å²) >= 11 is 0. The van der Waals surface area contributed by atoms with Crippen LogP contribution in [0.15, 0.2) is 30.5 Å². The molecule has 3 heterocycles. The summed E-state index contributed by atoms with van der Waals surface area (Å²) in [6, 6.07) is 8.62. The summed E-state index contributed by atoms with van der Waals surface area (Å²) in [6.07, 6.45) is 5.76. The molecule has 2 aromatic heterocycles. The fourth-order valence-corrected chi connectivity index (χ4v) is 5.25. The number of carbonyl (C=O) groups excluding carboxylic acids is 1. The second-order valence-corrected chi connectivity index (χ2v) is 9.96. The Bertz CT molecular complexity index is 1170. The summed E-state index contributed by atoms with van der Waals surface area (Å²) in [4.78, 5) is 21.8. The number of nitrogens with zero attached hydrogens (tertiary/aromatic N) is 2. The normalized spacial score (nSPS) is 17.7. The second-order valence-electron chi connectivity index (χ2n) is 9.96. The Hall–Kier alpha value is -2.73. The zero-order valence-corrected chi connectivity index (χ0v) is 19.7. The number of fused-ring (bicyclic) bond motifs is 1. The number of nitrogens with one attached hydrogen (secondary N) is 2. The van der Waals surface area contributed by atoms with Gasteiger partial charge < -0.3 is 10.3 Å². The van der Waals surface area contributed by atoms with Gasteiger partial charge in [0.05, 0.1) is 18.4 Å². The third-order valence-electron chi connectivity index (χ3n) is 7.29. The highest BCUT2D eigenvalue weighted by Crippen LogP contribution is 2.43. The molecule has 0 bridgehead atoms. The molecular formula is C27H33FN4O. The van der Waals surface area contributed by atoms with E-state index in [1.807, 2.05) is 6.07 Å². The molecule has 3 aromatic rings. The maximum atomic E-state index is 14.9. The average molecular weight is 449 g/mol. The molecule has 33 heavy (non-hydrogen) atoms. The Morgan fingerprint density at radius 1 is 1.18 bits per heavy atom. The fourth-order valence-electron chi connectivity index (χ4n) is 5.25. The number of likely N-dealkylation sites (tertiary alicyclic amines) is 1. The van der Waals surface area contributed by atoms with Crippen molar-refractivity contribution in [3.63, 3.8) is 0 Å². The van der Waals surface area contributed by atoms with E-state index in [0.29, 0.717) is 23.9 Å². The van der Waals surface area contributed by atoms with E-state index in [2.05, 4.69) is 52.2 Å². The van der Waals surface area contributed by atoms with Crippen molar-refractivity contribution in [2.24, 2.45) is 0 Å². The Kier molecular flexibility index (Phi) is 5.95. The first kappa shape index (κ1) is 22.1. The predicted molar refractivity (Wildman–Crippen MR) is 130 cm³/mol. The molecule has 1 aromatic carbocycles. The highest BCUT2D eigenvalue weighted by Gasteiger charge is 2.28. The molecule has 0 atom stereocenters. The summed E-state index contributed by atoms with van der Waals surface area (Å²) in [7, 11) is 1.69. The molecule has 0 unspecified atom stereocenters. The van der Waals surface area contributed by atoms with Crippen LogP contribution in [0.25, 0.3) is 22.2 Å². The number of piperidine rings is 1. The maximum Gasteiger partial charge on any atom is 0.233 e. The van der Waals surface area contributed by atoms with Crippen LogP contribution in [0.5, 0.6) is 0 Å². The molecule has 2 aliphatic rings. The van der Waals surface area contributed by atoms with E-state index < -0.39 is 0 Å². The standard InChI is InChI=1S/C27H33FN4O/c1-16(2)26-21-12-19(17-8-10-32(11-9-17)15-25(33)29-3)6-7-23(21)31-27(26)20-13-24(18-4-5-18)30-14-22(20)28/h6-7,12-14,16-18,31H,4-5,8-11,15H2,1-3H3,(H,29,33). The van der Waals surface area contributed by atoms with Crippen LogP contribution >= 0.6 is 0 Å². The van der Waals surface area contributed by atoms with Gasteiger partial charge in [0, 0.05) is 35.1 Å². The predicted octanol–water partition coefficient (Wildman–Crippen LogP) is 5.30. The van der Waals surface area contributed by atoms with Crippen molar-refractivity contribution in [1.29, 1.82) is 0 Å². The minimum atomic E-state index is -0.267. The molecule has 2 fully saturated rings. The van der Waals surface area contributed by atoms with Gasteiger partial charge in [-0.3, -0.25) is 14.7 Å². The number of amides is 1. The van der Waals surface area contributed by atoms with E-state index in [1.165, 1.54) is 22.7 Å². The third-order valence-corrected chi connectivity index (χ3v) is 7.29. The number of H-pyrrole nitrogens is 1.